The topological polar surface area (TPSA) is 64.3 Å². The molecule has 2 atom stereocenters. The van der Waals surface area contributed by atoms with Gasteiger partial charge in [0.15, 0.2) is 0 Å². The van der Waals surface area contributed by atoms with Crippen LogP contribution in [0.1, 0.15) is 38.8 Å². The van der Waals surface area contributed by atoms with Gasteiger partial charge in [-0.2, -0.15) is 0 Å². The molecule has 106 valence electrons. The van der Waals surface area contributed by atoms with E-state index >= 15 is 0 Å². The van der Waals surface area contributed by atoms with Crippen molar-refractivity contribution < 1.29 is 9.53 Å². The van der Waals surface area contributed by atoms with Crippen LogP contribution >= 0.6 is 0 Å². The number of methoxy groups -OCH3 is 1. The Balaban J connectivity index is 2.53. The van der Waals surface area contributed by atoms with Crippen molar-refractivity contribution in [3.05, 3.63) is 29.8 Å². The summed E-state index contributed by atoms with van der Waals surface area (Å²) in [5, 5.41) is 2.96. The van der Waals surface area contributed by atoms with E-state index in [1.54, 1.807) is 7.11 Å². The summed E-state index contributed by atoms with van der Waals surface area (Å²) >= 11 is 0. The largest absolute Gasteiger partial charge is 0.497 e. The number of benzene rings is 1. The molecule has 0 aliphatic heterocycles. The minimum Gasteiger partial charge on any atom is -0.497 e. The predicted octanol–water partition coefficient (Wildman–Crippen LogP) is 2.25. The van der Waals surface area contributed by atoms with Crippen LogP contribution in [0.4, 0.5) is 0 Å². The molecule has 0 spiro atoms. The van der Waals surface area contributed by atoms with E-state index in [-0.39, 0.29) is 18.0 Å². The highest BCUT2D eigenvalue weighted by Gasteiger charge is 2.15. The number of nitrogens with two attached hydrogens (primary N) is 1. The fourth-order valence-corrected chi connectivity index (χ4v) is 1.73. The van der Waals surface area contributed by atoms with E-state index < -0.39 is 0 Å². The molecule has 3 N–H and O–H groups in total. The van der Waals surface area contributed by atoms with E-state index in [4.69, 9.17) is 10.5 Å². The van der Waals surface area contributed by atoms with Crippen LogP contribution in [0.5, 0.6) is 5.75 Å². The maximum absolute atomic E-state index is 11.8. The van der Waals surface area contributed by atoms with Crippen LogP contribution in [0.15, 0.2) is 24.3 Å². The van der Waals surface area contributed by atoms with Gasteiger partial charge in [0.05, 0.1) is 13.2 Å². The lowest BCUT2D eigenvalue weighted by Gasteiger charge is -2.18. The van der Waals surface area contributed by atoms with Crippen molar-refractivity contribution in [1.29, 1.82) is 0 Å². The molecule has 4 nitrogen and oxygen atoms in total. The summed E-state index contributed by atoms with van der Waals surface area (Å²) in [6, 6.07) is 7.55. The van der Waals surface area contributed by atoms with Crippen LogP contribution in [0.3, 0.4) is 0 Å². The zero-order valence-electron chi connectivity index (χ0n) is 12.1. The van der Waals surface area contributed by atoms with Crippen molar-refractivity contribution in [1.82, 2.24) is 5.32 Å². The van der Waals surface area contributed by atoms with Gasteiger partial charge in [0.25, 0.3) is 0 Å². The average Bonchev–Trinajstić information content (AvgIpc) is 2.38. The molecule has 0 bridgehead atoms. The van der Waals surface area contributed by atoms with Gasteiger partial charge in [0.1, 0.15) is 5.75 Å². The van der Waals surface area contributed by atoms with Gasteiger partial charge >= 0.3 is 0 Å². The molecule has 1 amide bonds. The third kappa shape index (κ3) is 4.91. The minimum absolute atomic E-state index is 0.00971. The Bertz CT molecular complexity index is 401. The normalized spacial score (nSPS) is 14.0. The molecule has 0 aliphatic rings. The number of carbonyl (C=O) groups excluding carboxylic acids is 1. The SMILES string of the molecule is COc1ccc([C@H](C)NC(=O)CC(N)C(C)C)cc1. The molecule has 1 aromatic rings. The number of carbonyl (C=O) groups is 1. The first-order valence-corrected chi connectivity index (χ1v) is 6.63. The molecule has 19 heavy (non-hydrogen) atoms. The molecule has 0 fully saturated rings. The molecule has 0 heterocycles. The highest BCUT2D eigenvalue weighted by atomic mass is 16.5. The Kier molecular flexibility index (Phi) is 5.83. The molecule has 1 rings (SSSR count). The molecule has 0 saturated carbocycles. The molecule has 0 aliphatic carbocycles. The summed E-state index contributed by atoms with van der Waals surface area (Å²) in [6.07, 6.45) is 0.359. The lowest BCUT2D eigenvalue weighted by molar-refractivity contribution is -0.122. The van der Waals surface area contributed by atoms with Crippen LogP contribution in [-0.4, -0.2) is 19.1 Å². The standard InChI is InChI=1S/C15H24N2O2/c1-10(2)14(16)9-15(18)17-11(3)12-5-7-13(19-4)8-6-12/h5-8,10-11,14H,9,16H2,1-4H3,(H,17,18)/t11-,14?/m0/s1. The van der Waals surface area contributed by atoms with E-state index in [9.17, 15) is 4.79 Å². The quantitative estimate of drug-likeness (QED) is 0.828. The van der Waals surface area contributed by atoms with Crippen LogP contribution in [0, 0.1) is 5.92 Å². The molecular formula is C15H24N2O2. The van der Waals surface area contributed by atoms with E-state index in [0.29, 0.717) is 12.3 Å². The Morgan fingerprint density at radius 3 is 2.32 bits per heavy atom. The van der Waals surface area contributed by atoms with Gasteiger partial charge in [-0.25, -0.2) is 0 Å². The summed E-state index contributed by atoms with van der Waals surface area (Å²) in [5.74, 6) is 1.11. The molecule has 0 saturated heterocycles. The van der Waals surface area contributed by atoms with Crippen molar-refractivity contribution in [3.63, 3.8) is 0 Å². The molecular weight excluding hydrogens is 240 g/mol. The first-order chi connectivity index (χ1) is 8.93. The fraction of sp³-hybridized carbons (Fsp3) is 0.533. The van der Waals surface area contributed by atoms with Gasteiger partial charge in [0, 0.05) is 12.5 Å². The summed E-state index contributed by atoms with van der Waals surface area (Å²) < 4.78 is 5.11. The number of hydrogen-bond acceptors (Lipinski definition) is 3. The maximum Gasteiger partial charge on any atom is 0.222 e. The zero-order valence-corrected chi connectivity index (χ0v) is 12.1. The summed E-state index contributed by atoms with van der Waals surface area (Å²) in [4.78, 5) is 11.8. The zero-order chi connectivity index (χ0) is 14.4. The van der Waals surface area contributed by atoms with Gasteiger partial charge in [-0.05, 0) is 30.5 Å². The summed E-state index contributed by atoms with van der Waals surface area (Å²) in [7, 11) is 1.63. The monoisotopic (exact) mass is 264 g/mol. The number of amides is 1. The lowest BCUT2D eigenvalue weighted by atomic mass is 10.0. The Morgan fingerprint density at radius 1 is 1.26 bits per heavy atom. The Labute approximate surface area is 115 Å². The fourth-order valence-electron chi connectivity index (χ4n) is 1.73. The second-order valence-electron chi connectivity index (χ2n) is 5.17. The van der Waals surface area contributed by atoms with Crippen molar-refractivity contribution in [2.45, 2.75) is 39.3 Å². The first-order valence-electron chi connectivity index (χ1n) is 6.63. The van der Waals surface area contributed by atoms with E-state index in [0.717, 1.165) is 11.3 Å². The van der Waals surface area contributed by atoms with Crippen LogP contribution in [0.2, 0.25) is 0 Å². The van der Waals surface area contributed by atoms with Crippen LogP contribution < -0.4 is 15.8 Å². The number of hydrogen-bond donors (Lipinski definition) is 2. The van der Waals surface area contributed by atoms with Crippen LogP contribution in [-0.2, 0) is 4.79 Å². The summed E-state index contributed by atoms with van der Waals surface area (Å²) in [6.45, 7) is 6.00. The predicted molar refractivity (Wildman–Crippen MR) is 77.0 cm³/mol. The highest BCUT2D eigenvalue weighted by Crippen LogP contribution is 2.17. The smallest absolute Gasteiger partial charge is 0.222 e. The molecule has 0 aromatic heterocycles. The highest BCUT2D eigenvalue weighted by molar-refractivity contribution is 5.77. The number of rotatable bonds is 6. The van der Waals surface area contributed by atoms with E-state index in [1.807, 2.05) is 45.0 Å². The third-order valence-corrected chi connectivity index (χ3v) is 3.27. The second kappa shape index (κ2) is 7.14. The summed E-state index contributed by atoms with van der Waals surface area (Å²) in [5.41, 5.74) is 6.94. The number of nitrogens with one attached hydrogen (secondary N) is 1. The van der Waals surface area contributed by atoms with Gasteiger partial charge in [-0.15, -0.1) is 0 Å². The Morgan fingerprint density at radius 2 is 1.84 bits per heavy atom. The number of ether oxygens (including phenoxy) is 1. The molecule has 1 aromatic carbocycles. The third-order valence-electron chi connectivity index (χ3n) is 3.27. The van der Waals surface area contributed by atoms with Gasteiger partial charge in [-0.1, -0.05) is 26.0 Å². The second-order valence-corrected chi connectivity index (χ2v) is 5.17. The van der Waals surface area contributed by atoms with E-state index in [2.05, 4.69) is 5.32 Å². The van der Waals surface area contributed by atoms with Gasteiger partial charge in [-0.3, -0.25) is 4.79 Å². The average molecular weight is 264 g/mol. The Hall–Kier alpha value is -1.55. The van der Waals surface area contributed by atoms with Crippen molar-refractivity contribution >= 4 is 5.91 Å². The van der Waals surface area contributed by atoms with Crippen LogP contribution in [0.25, 0.3) is 0 Å². The minimum atomic E-state index is -0.0944. The first kappa shape index (κ1) is 15.5. The van der Waals surface area contributed by atoms with Gasteiger partial charge in [0.2, 0.25) is 5.91 Å². The molecule has 4 heteroatoms. The lowest BCUT2D eigenvalue weighted by Crippen LogP contribution is -2.35. The van der Waals surface area contributed by atoms with E-state index in [1.165, 1.54) is 0 Å². The molecule has 1 unspecified atom stereocenters. The van der Waals surface area contributed by atoms with Crippen molar-refractivity contribution in [2.24, 2.45) is 11.7 Å². The maximum atomic E-state index is 11.8. The van der Waals surface area contributed by atoms with Crippen molar-refractivity contribution in [3.8, 4) is 5.75 Å². The van der Waals surface area contributed by atoms with Gasteiger partial charge < -0.3 is 15.8 Å². The molecule has 0 radical (unpaired) electrons. The van der Waals surface area contributed by atoms with Crippen molar-refractivity contribution in [2.75, 3.05) is 7.11 Å².